The van der Waals surface area contributed by atoms with Crippen LogP contribution in [0.4, 0.5) is 5.69 Å². The molecule has 1 aliphatic heterocycles. The van der Waals surface area contributed by atoms with E-state index in [0.717, 1.165) is 0 Å². The summed E-state index contributed by atoms with van der Waals surface area (Å²) in [6.07, 6.45) is 0.282. The number of ketones is 1. The fraction of sp³-hybridized carbons (Fsp3) is 0.467. The number of amides is 1. The SMILES string of the molecule is COc1cc(C(C)=O)c(N2CC(CN=[N+]=[N-])CC2=O)cc1OC. The maximum absolute atomic E-state index is 12.3. The standard InChI is InChI=1S/C15H18N4O4/c1-9(20)11-5-13(22-2)14(23-3)6-12(11)19-8-10(4-15(19)21)7-17-18-16/h5-6,10H,4,7-8H2,1-3H3. The predicted octanol–water partition coefficient (Wildman–Crippen LogP) is 2.57. The highest BCUT2D eigenvalue weighted by Gasteiger charge is 2.32. The lowest BCUT2D eigenvalue weighted by molar-refractivity contribution is -0.117. The Bertz CT molecular complexity index is 682. The molecule has 0 saturated carbocycles. The number of carbonyl (C=O) groups is 2. The molecule has 0 N–H and O–H groups in total. The molecule has 0 spiro atoms. The predicted molar refractivity (Wildman–Crippen MR) is 84.0 cm³/mol. The van der Waals surface area contributed by atoms with Crippen LogP contribution < -0.4 is 14.4 Å². The van der Waals surface area contributed by atoms with E-state index < -0.39 is 0 Å². The Morgan fingerprint density at radius 3 is 2.61 bits per heavy atom. The summed E-state index contributed by atoms with van der Waals surface area (Å²) < 4.78 is 10.5. The third-order valence-electron chi connectivity index (χ3n) is 3.78. The molecule has 122 valence electrons. The van der Waals surface area contributed by atoms with E-state index in [1.807, 2.05) is 0 Å². The van der Waals surface area contributed by atoms with E-state index in [1.165, 1.54) is 26.0 Å². The normalized spacial score (nSPS) is 16.9. The summed E-state index contributed by atoms with van der Waals surface area (Å²) in [5, 5.41) is 3.53. The number of anilines is 1. The first-order valence-corrected chi connectivity index (χ1v) is 7.10. The molecule has 23 heavy (non-hydrogen) atoms. The fourth-order valence-corrected chi connectivity index (χ4v) is 2.66. The van der Waals surface area contributed by atoms with Crippen molar-refractivity contribution in [2.24, 2.45) is 11.0 Å². The van der Waals surface area contributed by atoms with Gasteiger partial charge in [0.25, 0.3) is 0 Å². The van der Waals surface area contributed by atoms with Crippen LogP contribution in [0.1, 0.15) is 23.7 Å². The second-order valence-electron chi connectivity index (χ2n) is 5.27. The number of ether oxygens (including phenoxy) is 2. The van der Waals surface area contributed by atoms with Crippen LogP contribution >= 0.6 is 0 Å². The number of methoxy groups -OCH3 is 2. The van der Waals surface area contributed by atoms with Crippen molar-refractivity contribution in [3.05, 3.63) is 28.1 Å². The molecule has 1 amide bonds. The number of benzene rings is 1. The zero-order valence-corrected chi connectivity index (χ0v) is 13.3. The summed E-state index contributed by atoms with van der Waals surface area (Å²) in [6.45, 7) is 2.08. The van der Waals surface area contributed by atoms with Gasteiger partial charge in [0, 0.05) is 36.1 Å². The molecule has 1 aliphatic rings. The molecular formula is C15H18N4O4. The summed E-state index contributed by atoms with van der Waals surface area (Å²) in [5.74, 6) is 0.522. The fourth-order valence-electron chi connectivity index (χ4n) is 2.66. The van der Waals surface area contributed by atoms with Crippen LogP contribution in [-0.4, -0.2) is 39.0 Å². The summed E-state index contributed by atoms with van der Waals surface area (Å²) >= 11 is 0. The molecule has 1 heterocycles. The molecule has 1 aromatic rings. The molecule has 0 bridgehead atoms. The van der Waals surface area contributed by atoms with Crippen LogP contribution in [0, 0.1) is 5.92 Å². The Kier molecular flexibility index (Phi) is 5.08. The number of Topliss-reactive ketones (excluding diaryl/α,β-unsaturated/α-hetero) is 1. The molecule has 8 nitrogen and oxygen atoms in total. The smallest absolute Gasteiger partial charge is 0.227 e. The van der Waals surface area contributed by atoms with Crippen LogP contribution in [0.2, 0.25) is 0 Å². The zero-order valence-electron chi connectivity index (χ0n) is 13.3. The molecule has 1 fully saturated rings. The van der Waals surface area contributed by atoms with E-state index in [2.05, 4.69) is 10.0 Å². The number of hydrogen-bond donors (Lipinski definition) is 0. The van der Waals surface area contributed by atoms with E-state index in [4.69, 9.17) is 15.0 Å². The van der Waals surface area contributed by atoms with Gasteiger partial charge < -0.3 is 14.4 Å². The highest BCUT2D eigenvalue weighted by Crippen LogP contribution is 2.37. The van der Waals surface area contributed by atoms with Gasteiger partial charge >= 0.3 is 0 Å². The first-order chi connectivity index (χ1) is 11.0. The lowest BCUT2D eigenvalue weighted by Crippen LogP contribution is -2.26. The lowest BCUT2D eigenvalue weighted by atomic mass is 10.1. The van der Waals surface area contributed by atoms with Crippen molar-refractivity contribution in [2.75, 3.05) is 32.2 Å². The highest BCUT2D eigenvalue weighted by atomic mass is 16.5. The van der Waals surface area contributed by atoms with Crippen molar-refractivity contribution in [1.82, 2.24) is 0 Å². The van der Waals surface area contributed by atoms with Gasteiger partial charge in [-0.25, -0.2) is 0 Å². The van der Waals surface area contributed by atoms with Gasteiger partial charge in [0.05, 0.1) is 19.9 Å². The number of rotatable bonds is 6. The first kappa shape index (κ1) is 16.6. The monoisotopic (exact) mass is 318 g/mol. The molecule has 0 aliphatic carbocycles. The Balaban J connectivity index is 2.43. The van der Waals surface area contributed by atoms with Gasteiger partial charge in [-0.15, -0.1) is 0 Å². The van der Waals surface area contributed by atoms with Crippen molar-refractivity contribution >= 4 is 17.4 Å². The summed E-state index contributed by atoms with van der Waals surface area (Å²) in [7, 11) is 2.98. The van der Waals surface area contributed by atoms with E-state index in [9.17, 15) is 9.59 Å². The quantitative estimate of drug-likeness (QED) is 0.348. The number of azide groups is 1. The van der Waals surface area contributed by atoms with Gasteiger partial charge in [0.2, 0.25) is 5.91 Å². The Morgan fingerprint density at radius 2 is 2.04 bits per heavy atom. The minimum absolute atomic E-state index is 0.0636. The van der Waals surface area contributed by atoms with E-state index in [-0.39, 0.29) is 30.6 Å². The van der Waals surface area contributed by atoms with Crippen LogP contribution in [0.3, 0.4) is 0 Å². The maximum atomic E-state index is 12.3. The second kappa shape index (κ2) is 7.02. The highest BCUT2D eigenvalue weighted by molar-refractivity contribution is 6.06. The van der Waals surface area contributed by atoms with E-state index in [1.54, 1.807) is 12.1 Å². The maximum Gasteiger partial charge on any atom is 0.227 e. The molecular weight excluding hydrogens is 300 g/mol. The van der Waals surface area contributed by atoms with E-state index in [0.29, 0.717) is 29.3 Å². The lowest BCUT2D eigenvalue weighted by Gasteiger charge is -2.21. The van der Waals surface area contributed by atoms with Crippen molar-refractivity contribution in [2.45, 2.75) is 13.3 Å². The minimum atomic E-state index is -0.174. The third-order valence-corrected chi connectivity index (χ3v) is 3.78. The molecule has 8 heteroatoms. The average molecular weight is 318 g/mol. The number of carbonyl (C=O) groups excluding carboxylic acids is 2. The van der Waals surface area contributed by atoms with Crippen molar-refractivity contribution in [3.63, 3.8) is 0 Å². The molecule has 1 aromatic carbocycles. The molecule has 1 unspecified atom stereocenters. The minimum Gasteiger partial charge on any atom is -0.493 e. The van der Waals surface area contributed by atoms with Crippen molar-refractivity contribution in [3.8, 4) is 11.5 Å². The topological polar surface area (TPSA) is 105 Å². The Hall–Kier alpha value is -2.73. The number of nitrogens with zero attached hydrogens (tertiary/aromatic N) is 4. The van der Waals surface area contributed by atoms with Crippen LogP contribution in [0.15, 0.2) is 17.2 Å². The average Bonchev–Trinajstić information content (AvgIpc) is 2.92. The Morgan fingerprint density at radius 1 is 1.39 bits per heavy atom. The summed E-state index contributed by atoms with van der Waals surface area (Å²) in [4.78, 5) is 28.5. The van der Waals surface area contributed by atoms with Gasteiger partial charge in [-0.1, -0.05) is 5.11 Å². The summed E-state index contributed by atoms with van der Waals surface area (Å²) in [6, 6.07) is 3.20. The zero-order chi connectivity index (χ0) is 17.0. The van der Waals surface area contributed by atoms with Gasteiger partial charge in [-0.3, -0.25) is 9.59 Å². The van der Waals surface area contributed by atoms with Crippen molar-refractivity contribution in [1.29, 1.82) is 0 Å². The molecule has 1 atom stereocenters. The largest absolute Gasteiger partial charge is 0.493 e. The second-order valence-corrected chi connectivity index (χ2v) is 5.27. The van der Waals surface area contributed by atoms with Crippen molar-refractivity contribution < 1.29 is 19.1 Å². The third kappa shape index (κ3) is 3.37. The molecule has 0 aromatic heterocycles. The van der Waals surface area contributed by atoms with Gasteiger partial charge in [-0.2, -0.15) is 0 Å². The van der Waals surface area contributed by atoms with Gasteiger partial charge in [0.15, 0.2) is 17.3 Å². The number of hydrogen-bond acceptors (Lipinski definition) is 5. The molecule has 0 radical (unpaired) electrons. The van der Waals surface area contributed by atoms with E-state index >= 15 is 0 Å². The summed E-state index contributed by atoms with van der Waals surface area (Å²) in [5.41, 5.74) is 9.28. The Labute approximate surface area is 133 Å². The van der Waals surface area contributed by atoms with Crippen LogP contribution in [-0.2, 0) is 4.79 Å². The molecule has 1 saturated heterocycles. The van der Waals surface area contributed by atoms with Gasteiger partial charge in [-0.05, 0) is 24.4 Å². The molecule has 2 rings (SSSR count). The van der Waals surface area contributed by atoms with Crippen LogP contribution in [0.5, 0.6) is 11.5 Å². The van der Waals surface area contributed by atoms with Gasteiger partial charge in [0.1, 0.15) is 0 Å². The first-order valence-electron chi connectivity index (χ1n) is 7.10. The van der Waals surface area contributed by atoms with Crippen LogP contribution in [0.25, 0.3) is 10.4 Å².